The molecule has 0 radical (unpaired) electrons. The van der Waals surface area contributed by atoms with Crippen molar-refractivity contribution in [3.8, 4) is 0 Å². The van der Waals surface area contributed by atoms with Crippen molar-refractivity contribution < 1.29 is 39.8 Å². The first-order valence-electron chi connectivity index (χ1n) is 25.1. The molecule has 1 aliphatic rings. The van der Waals surface area contributed by atoms with E-state index in [-0.39, 0.29) is 12.5 Å². The number of unbranched alkanes of at least 4 members (excludes halogenated alkanes) is 30. The Balaban J connectivity index is 2.08. The lowest BCUT2D eigenvalue weighted by Crippen LogP contribution is -2.60. The minimum atomic E-state index is -1.57. The van der Waals surface area contributed by atoms with Gasteiger partial charge in [0.2, 0.25) is 5.91 Å². The summed E-state index contributed by atoms with van der Waals surface area (Å²) in [5.74, 6) is -0.188. The quantitative estimate of drug-likeness (QED) is 0.0263. The van der Waals surface area contributed by atoms with Crippen LogP contribution in [0.15, 0.2) is 24.3 Å². The summed E-state index contributed by atoms with van der Waals surface area (Å²) in [4.78, 5) is 12.9. The highest BCUT2D eigenvalue weighted by Crippen LogP contribution is 2.23. The van der Waals surface area contributed by atoms with Gasteiger partial charge in [-0.3, -0.25) is 4.79 Å². The number of allylic oxidation sites excluding steroid dienone is 3. The largest absolute Gasteiger partial charge is 0.394 e. The molecular formula is C50H95NO8. The topological polar surface area (TPSA) is 149 Å². The van der Waals surface area contributed by atoms with E-state index >= 15 is 0 Å². The van der Waals surface area contributed by atoms with Gasteiger partial charge in [0.1, 0.15) is 24.4 Å². The molecular weight excluding hydrogens is 743 g/mol. The fourth-order valence-corrected chi connectivity index (χ4v) is 8.00. The van der Waals surface area contributed by atoms with Gasteiger partial charge in [-0.25, -0.2) is 0 Å². The molecule has 9 nitrogen and oxygen atoms in total. The Bertz CT molecular complexity index is 977. The predicted octanol–water partition coefficient (Wildman–Crippen LogP) is 11.1. The number of carbonyl (C=O) groups is 1. The minimum absolute atomic E-state index is 0.188. The fraction of sp³-hybridized carbons (Fsp3) is 0.900. The zero-order valence-corrected chi connectivity index (χ0v) is 38.3. The highest BCUT2D eigenvalue weighted by atomic mass is 16.7. The first-order valence-corrected chi connectivity index (χ1v) is 25.1. The maximum absolute atomic E-state index is 12.9. The summed E-state index contributed by atoms with van der Waals surface area (Å²) in [6.07, 6.45) is 42.9. The molecule has 0 aromatic rings. The molecule has 7 unspecified atom stereocenters. The third-order valence-electron chi connectivity index (χ3n) is 12.0. The van der Waals surface area contributed by atoms with E-state index in [1.54, 1.807) is 6.08 Å². The molecule has 1 saturated heterocycles. The highest BCUT2D eigenvalue weighted by Gasteiger charge is 2.44. The van der Waals surface area contributed by atoms with Crippen molar-refractivity contribution in [2.75, 3.05) is 13.2 Å². The van der Waals surface area contributed by atoms with Gasteiger partial charge < -0.3 is 40.3 Å². The molecule has 9 heteroatoms. The van der Waals surface area contributed by atoms with E-state index < -0.39 is 49.5 Å². The predicted molar refractivity (Wildman–Crippen MR) is 244 cm³/mol. The zero-order chi connectivity index (χ0) is 43.0. The number of nitrogens with one attached hydrogen (secondary N) is 1. The van der Waals surface area contributed by atoms with Gasteiger partial charge in [0, 0.05) is 6.42 Å². The normalized spacial score (nSPS) is 20.8. The second-order valence-corrected chi connectivity index (χ2v) is 17.6. The SMILES string of the molecule is CCC/C=C/CC/C=C/C(O)C(COC1OC(CO)C(O)C(O)C1O)NC(=O)CCCCCCCCCCCCCCCCCCCCCCCCCCCCCCC. The standard InChI is InChI=1S/C50H95NO8/c1-3-5-7-9-11-12-13-14-15-16-17-18-19-20-21-22-23-24-25-26-27-28-29-30-31-32-34-36-38-40-46(54)51-43(44(53)39-37-35-33-10-8-6-4-2)42-58-50-49(57)48(56)47(55)45(41-52)59-50/h8,10,37,39,43-45,47-50,52-53,55-57H,3-7,9,11-36,38,40-42H2,1-2H3,(H,51,54)/b10-8+,39-37+. The van der Waals surface area contributed by atoms with E-state index in [9.17, 15) is 30.3 Å². The van der Waals surface area contributed by atoms with Gasteiger partial charge in [-0.1, -0.05) is 224 Å². The monoisotopic (exact) mass is 838 g/mol. The molecule has 0 aromatic heterocycles. The van der Waals surface area contributed by atoms with Crippen molar-refractivity contribution in [1.29, 1.82) is 0 Å². The fourth-order valence-electron chi connectivity index (χ4n) is 8.00. The van der Waals surface area contributed by atoms with Crippen molar-refractivity contribution in [2.24, 2.45) is 0 Å². The van der Waals surface area contributed by atoms with Crippen LogP contribution in [0.3, 0.4) is 0 Å². The van der Waals surface area contributed by atoms with E-state index in [1.165, 1.54) is 167 Å². The van der Waals surface area contributed by atoms with Crippen molar-refractivity contribution >= 4 is 5.91 Å². The third-order valence-corrected chi connectivity index (χ3v) is 12.0. The molecule has 7 atom stereocenters. The second-order valence-electron chi connectivity index (χ2n) is 17.6. The van der Waals surface area contributed by atoms with E-state index in [2.05, 4.69) is 31.3 Å². The molecule has 0 aromatic carbocycles. The number of amides is 1. The Morgan fingerprint density at radius 2 is 0.966 bits per heavy atom. The van der Waals surface area contributed by atoms with Gasteiger partial charge in [0.15, 0.2) is 6.29 Å². The van der Waals surface area contributed by atoms with Crippen LogP contribution in [-0.4, -0.2) is 87.5 Å². The summed E-state index contributed by atoms with van der Waals surface area (Å²) in [5.41, 5.74) is 0. The van der Waals surface area contributed by atoms with Gasteiger partial charge >= 0.3 is 0 Å². The number of aliphatic hydroxyl groups is 5. The van der Waals surface area contributed by atoms with Crippen LogP contribution >= 0.6 is 0 Å². The average Bonchev–Trinajstić information content (AvgIpc) is 3.23. The van der Waals surface area contributed by atoms with E-state index in [0.29, 0.717) is 6.42 Å². The maximum atomic E-state index is 12.9. The molecule has 1 heterocycles. The molecule has 1 aliphatic heterocycles. The Labute approximate surface area is 362 Å². The Kier molecular flexibility index (Phi) is 38.4. The van der Waals surface area contributed by atoms with Crippen LogP contribution < -0.4 is 5.32 Å². The van der Waals surface area contributed by atoms with E-state index in [0.717, 1.165) is 44.9 Å². The van der Waals surface area contributed by atoms with Crippen molar-refractivity contribution in [2.45, 2.75) is 275 Å². The van der Waals surface area contributed by atoms with Crippen LogP contribution in [0.2, 0.25) is 0 Å². The summed E-state index contributed by atoms with van der Waals surface area (Å²) in [7, 11) is 0. The Morgan fingerprint density at radius 3 is 1.39 bits per heavy atom. The van der Waals surface area contributed by atoms with Crippen LogP contribution in [0.5, 0.6) is 0 Å². The van der Waals surface area contributed by atoms with Crippen molar-refractivity contribution in [3.63, 3.8) is 0 Å². The van der Waals surface area contributed by atoms with E-state index in [1.807, 2.05) is 6.08 Å². The summed E-state index contributed by atoms with van der Waals surface area (Å²) >= 11 is 0. The summed E-state index contributed by atoms with van der Waals surface area (Å²) in [5, 5.41) is 53.9. The Hall–Kier alpha value is -1.33. The minimum Gasteiger partial charge on any atom is -0.394 e. The molecule has 348 valence electrons. The van der Waals surface area contributed by atoms with Crippen molar-refractivity contribution in [1.82, 2.24) is 5.32 Å². The van der Waals surface area contributed by atoms with Gasteiger partial charge in [-0.05, 0) is 25.7 Å². The first kappa shape index (κ1) is 55.7. The number of hydrogen-bond acceptors (Lipinski definition) is 8. The summed E-state index contributed by atoms with van der Waals surface area (Å²) in [6, 6.07) is -0.814. The molecule has 0 bridgehead atoms. The van der Waals surface area contributed by atoms with Gasteiger partial charge in [0.25, 0.3) is 0 Å². The summed E-state index contributed by atoms with van der Waals surface area (Å²) < 4.78 is 11.1. The number of aliphatic hydroxyl groups excluding tert-OH is 5. The lowest BCUT2D eigenvalue weighted by atomic mass is 9.99. The number of rotatable bonds is 42. The number of hydrogen-bond donors (Lipinski definition) is 6. The van der Waals surface area contributed by atoms with Gasteiger partial charge in [-0.15, -0.1) is 0 Å². The molecule has 0 saturated carbocycles. The van der Waals surface area contributed by atoms with Crippen molar-refractivity contribution in [3.05, 3.63) is 24.3 Å². The number of ether oxygens (including phenoxy) is 2. The molecule has 59 heavy (non-hydrogen) atoms. The smallest absolute Gasteiger partial charge is 0.220 e. The number of carbonyl (C=O) groups excluding carboxylic acids is 1. The van der Waals surface area contributed by atoms with Crippen LogP contribution in [0.1, 0.15) is 232 Å². The van der Waals surface area contributed by atoms with Gasteiger partial charge in [0.05, 0.1) is 25.4 Å². The van der Waals surface area contributed by atoms with Crippen LogP contribution in [0.4, 0.5) is 0 Å². The van der Waals surface area contributed by atoms with Crippen LogP contribution in [-0.2, 0) is 14.3 Å². The lowest BCUT2D eigenvalue weighted by molar-refractivity contribution is -0.302. The zero-order valence-electron chi connectivity index (χ0n) is 38.3. The molecule has 1 rings (SSSR count). The lowest BCUT2D eigenvalue weighted by Gasteiger charge is -2.40. The van der Waals surface area contributed by atoms with Crippen LogP contribution in [0, 0.1) is 0 Å². The molecule has 0 aliphatic carbocycles. The second kappa shape index (κ2) is 40.7. The maximum Gasteiger partial charge on any atom is 0.220 e. The first-order chi connectivity index (χ1) is 28.8. The third kappa shape index (κ3) is 31.2. The van der Waals surface area contributed by atoms with Gasteiger partial charge in [-0.2, -0.15) is 0 Å². The molecule has 0 spiro atoms. The molecule has 1 fully saturated rings. The average molecular weight is 838 g/mol. The van der Waals surface area contributed by atoms with Crippen LogP contribution in [0.25, 0.3) is 0 Å². The summed E-state index contributed by atoms with van der Waals surface area (Å²) in [6.45, 7) is 3.66. The Morgan fingerprint density at radius 1 is 0.559 bits per heavy atom. The molecule has 6 N–H and O–H groups in total. The molecule has 1 amide bonds. The van der Waals surface area contributed by atoms with E-state index in [4.69, 9.17) is 9.47 Å². The highest BCUT2D eigenvalue weighted by molar-refractivity contribution is 5.76.